The van der Waals surface area contributed by atoms with Crippen LogP contribution in [0, 0.1) is 11.6 Å². The van der Waals surface area contributed by atoms with Crippen molar-refractivity contribution >= 4 is 5.69 Å². The molecule has 19 heavy (non-hydrogen) atoms. The van der Waals surface area contributed by atoms with Gasteiger partial charge in [-0.15, -0.1) is 0 Å². The molecule has 4 heteroatoms. The Morgan fingerprint density at radius 2 is 1.84 bits per heavy atom. The van der Waals surface area contributed by atoms with Crippen LogP contribution in [0.4, 0.5) is 14.5 Å². The molecule has 2 aromatic rings. The number of hydrogen-bond donors (Lipinski definition) is 1. The predicted molar refractivity (Wildman–Crippen MR) is 71.3 cm³/mol. The molecule has 0 atom stereocenters. The average molecular weight is 263 g/mol. The van der Waals surface area contributed by atoms with Gasteiger partial charge in [0.1, 0.15) is 5.75 Å². The summed E-state index contributed by atoms with van der Waals surface area (Å²) in [6, 6.07) is 11.4. The fourth-order valence-electron chi connectivity index (χ4n) is 1.75. The van der Waals surface area contributed by atoms with Crippen LogP contribution < -0.4 is 10.1 Å². The van der Waals surface area contributed by atoms with Crippen molar-refractivity contribution in [2.24, 2.45) is 0 Å². The Labute approximate surface area is 111 Å². The standard InChI is InChI=1S/C15H15F2NO/c1-2-19-15-6-4-3-5-11(15)10-18-12-7-8-13(16)14(17)9-12/h3-9,18H,2,10H2,1H3. The molecule has 0 saturated carbocycles. The summed E-state index contributed by atoms with van der Waals surface area (Å²) < 4.78 is 31.4. The molecule has 0 aliphatic carbocycles. The van der Waals surface area contributed by atoms with Gasteiger partial charge in [0.25, 0.3) is 0 Å². The summed E-state index contributed by atoms with van der Waals surface area (Å²) in [6.45, 7) is 2.99. The number of anilines is 1. The number of para-hydroxylation sites is 1. The molecule has 0 bridgehead atoms. The normalized spacial score (nSPS) is 10.3. The van der Waals surface area contributed by atoms with Crippen molar-refractivity contribution in [1.29, 1.82) is 0 Å². The number of benzene rings is 2. The number of rotatable bonds is 5. The summed E-state index contributed by atoms with van der Waals surface area (Å²) in [5.74, 6) is -0.913. The molecule has 100 valence electrons. The van der Waals surface area contributed by atoms with Crippen LogP contribution in [0.25, 0.3) is 0 Å². The second-order valence-corrected chi connectivity index (χ2v) is 4.02. The zero-order valence-electron chi connectivity index (χ0n) is 10.6. The lowest BCUT2D eigenvalue weighted by Gasteiger charge is -2.11. The Hall–Kier alpha value is -2.10. The predicted octanol–water partition coefficient (Wildman–Crippen LogP) is 3.98. The number of hydrogen-bond acceptors (Lipinski definition) is 2. The lowest BCUT2D eigenvalue weighted by molar-refractivity contribution is 0.337. The minimum Gasteiger partial charge on any atom is -0.494 e. The molecule has 0 radical (unpaired) electrons. The molecule has 0 amide bonds. The first-order valence-electron chi connectivity index (χ1n) is 6.10. The van der Waals surface area contributed by atoms with Crippen LogP contribution in [0.2, 0.25) is 0 Å². The number of nitrogens with one attached hydrogen (secondary N) is 1. The van der Waals surface area contributed by atoms with Gasteiger partial charge in [0.05, 0.1) is 6.61 Å². The van der Waals surface area contributed by atoms with Crippen molar-refractivity contribution < 1.29 is 13.5 Å². The van der Waals surface area contributed by atoms with Gasteiger partial charge in [0, 0.05) is 23.9 Å². The summed E-state index contributed by atoms with van der Waals surface area (Å²) in [5, 5.41) is 3.04. The fraction of sp³-hybridized carbons (Fsp3) is 0.200. The van der Waals surface area contributed by atoms with E-state index in [1.807, 2.05) is 31.2 Å². The maximum Gasteiger partial charge on any atom is 0.160 e. The van der Waals surface area contributed by atoms with E-state index in [1.165, 1.54) is 6.07 Å². The quantitative estimate of drug-likeness (QED) is 0.881. The van der Waals surface area contributed by atoms with Crippen LogP contribution in [0.5, 0.6) is 5.75 Å². The molecule has 0 aliphatic rings. The van der Waals surface area contributed by atoms with Crippen molar-refractivity contribution in [3.05, 3.63) is 59.7 Å². The van der Waals surface area contributed by atoms with E-state index in [1.54, 1.807) is 0 Å². The van der Waals surface area contributed by atoms with Gasteiger partial charge in [-0.1, -0.05) is 18.2 Å². The highest BCUT2D eigenvalue weighted by molar-refractivity contribution is 5.45. The van der Waals surface area contributed by atoms with Gasteiger partial charge in [-0.05, 0) is 25.1 Å². The molecule has 0 unspecified atom stereocenters. The third kappa shape index (κ3) is 3.44. The fourth-order valence-corrected chi connectivity index (χ4v) is 1.75. The molecule has 1 N–H and O–H groups in total. The Morgan fingerprint density at radius 1 is 1.05 bits per heavy atom. The van der Waals surface area contributed by atoms with Gasteiger partial charge < -0.3 is 10.1 Å². The second kappa shape index (κ2) is 6.18. The van der Waals surface area contributed by atoms with Crippen LogP contribution in [0.15, 0.2) is 42.5 Å². The molecule has 2 aromatic carbocycles. The van der Waals surface area contributed by atoms with Crippen LogP contribution in [-0.2, 0) is 6.54 Å². The molecule has 0 saturated heterocycles. The first-order valence-corrected chi connectivity index (χ1v) is 6.10. The smallest absolute Gasteiger partial charge is 0.160 e. The lowest BCUT2D eigenvalue weighted by Crippen LogP contribution is -2.03. The second-order valence-electron chi connectivity index (χ2n) is 4.02. The first kappa shape index (κ1) is 13.3. The lowest BCUT2D eigenvalue weighted by atomic mass is 10.2. The summed E-state index contributed by atoms with van der Waals surface area (Å²) >= 11 is 0. The SMILES string of the molecule is CCOc1ccccc1CNc1ccc(F)c(F)c1. The van der Waals surface area contributed by atoms with Crippen molar-refractivity contribution in [3.63, 3.8) is 0 Å². The molecule has 0 heterocycles. The zero-order valence-corrected chi connectivity index (χ0v) is 10.6. The summed E-state index contributed by atoms with van der Waals surface area (Å²) in [7, 11) is 0. The molecule has 0 aromatic heterocycles. The summed E-state index contributed by atoms with van der Waals surface area (Å²) in [6.07, 6.45) is 0. The Bertz CT molecular complexity index is 558. The monoisotopic (exact) mass is 263 g/mol. The highest BCUT2D eigenvalue weighted by Gasteiger charge is 2.04. The maximum atomic E-state index is 13.1. The minimum absolute atomic E-state index is 0.487. The molecular formula is C15H15F2NO. The third-order valence-electron chi connectivity index (χ3n) is 2.68. The van der Waals surface area contributed by atoms with Crippen LogP contribution in [0.3, 0.4) is 0 Å². The molecule has 0 aliphatic heterocycles. The number of ether oxygens (including phenoxy) is 1. The molecular weight excluding hydrogens is 248 g/mol. The Balaban J connectivity index is 2.07. The van der Waals surface area contributed by atoms with E-state index in [-0.39, 0.29) is 0 Å². The Kier molecular flexibility index (Phi) is 4.34. The molecule has 2 rings (SSSR count). The van der Waals surface area contributed by atoms with Gasteiger partial charge in [0.15, 0.2) is 11.6 Å². The van der Waals surface area contributed by atoms with Gasteiger partial charge in [-0.25, -0.2) is 8.78 Å². The van der Waals surface area contributed by atoms with Crippen LogP contribution >= 0.6 is 0 Å². The van der Waals surface area contributed by atoms with Crippen molar-refractivity contribution in [2.75, 3.05) is 11.9 Å². The van der Waals surface area contributed by atoms with E-state index in [0.29, 0.717) is 18.8 Å². The highest BCUT2D eigenvalue weighted by Crippen LogP contribution is 2.20. The summed E-state index contributed by atoms with van der Waals surface area (Å²) in [5.41, 5.74) is 1.50. The van der Waals surface area contributed by atoms with Crippen molar-refractivity contribution in [3.8, 4) is 5.75 Å². The Morgan fingerprint density at radius 3 is 2.58 bits per heavy atom. The summed E-state index contributed by atoms with van der Waals surface area (Å²) in [4.78, 5) is 0. The third-order valence-corrected chi connectivity index (χ3v) is 2.68. The van der Waals surface area contributed by atoms with E-state index in [2.05, 4.69) is 5.32 Å². The molecule has 0 spiro atoms. The molecule has 0 fully saturated rings. The highest BCUT2D eigenvalue weighted by atomic mass is 19.2. The van der Waals surface area contributed by atoms with E-state index in [4.69, 9.17) is 4.74 Å². The van der Waals surface area contributed by atoms with Crippen molar-refractivity contribution in [1.82, 2.24) is 0 Å². The van der Waals surface area contributed by atoms with Crippen LogP contribution in [-0.4, -0.2) is 6.61 Å². The van der Waals surface area contributed by atoms with E-state index >= 15 is 0 Å². The largest absolute Gasteiger partial charge is 0.494 e. The zero-order chi connectivity index (χ0) is 13.7. The number of halogens is 2. The average Bonchev–Trinajstić information content (AvgIpc) is 2.42. The van der Waals surface area contributed by atoms with Gasteiger partial charge >= 0.3 is 0 Å². The topological polar surface area (TPSA) is 21.3 Å². The van der Waals surface area contributed by atoms with E-state index < -0.39 is 11.6 Å². The first-order chi connectivity index (χ1) is 9.20. The molecule has 2 nitrogen and oxygen atoms in total. The van der Waals surface area contributed by atoms with Crippen molar-refractivity contribution in [2.45, 2.75) is 13.5 Å². The maximum absolute atomic E-state index is 13.1. The van der Waals surface area contributed by atoms with Gasteiger partial charge in [-0.2, -0.15) is 0 Å². The van der Waals surface area contributed by atoms with Gasteiger partial charge in [0.2, 0.25) is 0 Å². The van der Waals surface area contributed by atoms with Crippen LogP contribution in [0.1, 0.15) is 12.5 Å². The minimum atomic E-state index is -0.858. The van der Waals surface area contributed by atoms with E-state index in [9.17, 15) is 8.78 Å². The van der Waals surface area contributed by atoms with E-state index in [0.717, 1.165) is 23.4 Å². The van der Waals surface area contributed by atoms with Gasteiger partial charge in [-0.3, -0.25) is 0 Å².